The van der Waals surface area contributed by atoms with Crippen LogP contribution >= 0.6 is 0 Å². The molecule has 4 heteroatoms. The van der Waals surface area contributed by atoms with E-state index in [1.54, 1.807) is 6.08 Å². The first-order chi connectivity index (χ1) is 10.2. The van der Waals surface area contributed by atoms with Crippen LogP contribution in [0.1, 0.15) is 31.4 Å². The van der Waals surface area contributed by atoms with Gasteiger partial charge in [-0.25, -0.2) is 9.59 Å². The fourth-order valence-corrected chi connectivity index (χ4v) is 2.30. The molecule has 0 aliphatic carbocycles. The molecule has 110 valence electrons. The van der Waals surface area contributed by atoms with Crippen LogP contribution in [-0.4, -0.2) is 19.0 Å². The van der Waals surface area contributed by atoms with Crippen molar-refractivity contribution in [3.8, 4) is 0 Å². The number of esters is 2. The number of carbonyl (C=O) groups is 2. The Balaban J connectivity index is 2.39. The molecule has 0 aromatic heterocycles. The maximum absolute atomic E-state index is 12.0. The molecule has 0 bridgehead atoms. The molecule has 4 nitrogen and oxygen atoms in total. The quantitative estimate of drug-likeness (QED) is 0.616. The first-order valence-electron chi connectivity index (χ1n) is 6.92. The van der Waals surface area contributed by atoms with Gasteiger partial charge in [0.05, 0.1) is 7.11 Å². The van der Waals surface area contributed by atoms with E-state index in [9.17, 15) is 9.59 Å². The van der Waals surface area contributed by atoms with Gasteiger partial charge in [0.25, 0.3) is 0 Å². The fraction of sp³-hybridized carbons (Fsp3) is 0.294. The highest BCUT2D eigenvalue weighted by atomic mass is 16.5. The predicted octanol–water partition coefficient (Wildman–Crippen LogP) is 3.11. The van der Waals surface area contributed by atoms with Gasteiger partial charge in [-0.15, -0.1) is 0 Å². The third kappa shape index (κ3) is 3.40. The number of hydrogen-bond donors (Lipinski definition) is 0. The van der Waals surface area contributed by atoms with Crippen LogP contribution in [0.25, 0.3) is 0 Å². The summed E-state index contributed by atoms with van der Waals surface area (Å²) < 4.78 is 10.1. The summed E-state index contributed by atoms with van der Waals surface area (Å²) in [5, 5.41) is 0. The van der Waals surface area contributed by atoms with Crippen LogP contribution in [0, 0.1) is 0 Å². The van der Waals surface area contributed by atoms with E-state index in [0.717, 1.165) is 17.6 Å². The summed E-state index contributed by atoms with van der Waals surface area (Å²) in [6.45, 7) is 2.00. The summed E-state index contributed by atoms with van der Waals surface area (Å²) in [7, 11) is 1.32. The Morgan fingerprint density at radius 2 is 2.05 bits per heavy atom. The summed E-state index contributed by atoms with van der Waals surface area (Å²) in [6, 6.07) is 9.49. The fourth-order valence-electron chi connectivity index (χ4n) is 2.30. The monoisotopic (exact) mass is 286 g/mol. The number of hydrogen-bond acceptors (Lipinski definition) is 4. The minimum Gasteiger partial charge on any atom is -0.466 e. The van der Waals surface area contributed by atoms with Crippen molar-refractivity contribution in [2.45, 2.75) is 25.9 Å². The van der Waals surface area contributed by atoms with Crippen molar-refractivity contribution in [3.05, 3.63) is 59.2 Å². The largest absolute Gasteiger partial charge is 0.466 e. The molecule has 21 heavy (non-hydrogen) atoms. The van der Waals surface area contributed by atoms with Crippen molar-refractivity contribution in [2.75, 3.05) is 7.11 Å². The number of carbonyl (C=O) groups excluding carboxylic acids is 2. The van der Waals surface area contributed by atoms with Crippen molar-refractivity contribution in [1.29, 1.82) is 0 Å². The minimum absolute atomic E-state index is 0.310. The summed E-state index contributed by atoms with van der Waals surface area (Å²) in [4.78, 5) is 23.3. The van der Waals surface area contributed by atoms with Crippen molar-refractivity contribution in [2.24, 2.45) is 0 Å². The number of rotatable bonds is 5. The summed E-state index contributed by atoms with van der Waals surface area (Å²) >= 11 is 0. The van der Waals surface area contributed by atoms with Gasteiger partial charge in [-0.3, -0.25) is 0 Å². The van der Waals surface area contributed by atoms with E-state index >= 15 is 0 Å². The summed E-state index contributed by atoms with van der Waals surface area (Å²) in [5.41, 5.74) is 2.26. The summed E-state index contributed by atoms with van der Waals surface area (Å²) in [5.74, 6) is -0.764. The number of benzene rings is 1. The van der Waals surface area contributed by atoms with Crippen LogP contribution in [0.3, 0.4) is 0 Å². The molecular weight excluding hydrogens is 268 g/mol. The lowest BCUT2D eigenvalue weighted by Crippen LogP contribution is -2.03. The van der Waals surface area contributed by atoms with Crippen molar-refractivity contribution >= 4 is 11.9 Å². The Bertz CT molecular complexity index is 584. The molecular formula is C17H18O4. The third-order valence-electron chi connectivity index (χ3n) is 3.30. The molecule has 1 aromatic carbocycles. The molecule has 0 saturated carbocycles. The van der Waals surface area contributed by atoms with Crippen molar-refractivity contribution in [1.82, 2.24) is 0 Å². The van der Waals surface area contributed by atoms with Gasteiger partial charge in [0.1, 0.15) is 0 Å². The van der Waals surface area contributed by atoms with Crippen LogP contribution in [0.5, 0.6) is 0 Å². The normalized spacial score (nSPS) is 18.2. The van der Waals surface area contributed by atoms with E-state index in [1.165, 1.54) is 13.2 Å². The molecule has 0 radical (unpaired) electrons. The summed E-state index contributed by atoms with van der Waals surface area (Å²) in [6.07, 6.45) is 3.95. The van der Waals surface area contributed by atoms with Gasteiger partial charge in [-0.1, -0.05) is 43.7 Å². The van der Waals surface area contributed by atoms with Gasteiger partial charge >= 0.3 is 11.9 Å². The first kappa shape index (κ1) is 15.0. The highest BCUT2D eigenvalue weighted by molar-refractivity contribution is 5.94. The van der Waals surface area contributed by atoms with Crippen LogP contribution in [0.15, 0.2) is 53.6 Å². The maximum Gasteiger partial charge on any atom is 0.335 e. The Morgan fingerprint density at radius 3 is 2.67 bits per heavy atom. The van der Waals surface area contributed by atoms with Gasteiger partial charge in [-0.05, 0) is 18.1 Å². The Hall–Kier alpha value is -2.36. The number of methoxy groups -OCH3 is 1. The number of ether oxygens (including phenoxy) is 2. The van der Waals surface area contributed by atoms with Gasteiger partial charge in [-0.2, -0.15) is 0 Å². The van der Waals surface area contributed by atoms with Crippen LogP contribution < -0.4 is 0 Å². The first-order valence-corrected chi connectivity index (χ1v) is 6.92. The van der Waals surface area contributed by atoms with E-state index in [0.29, 0.717) is 12.0 Å². The lowest BCUT2D eigenvalue weighted by Gasteiger charge is -2.12. The van der Waals surface area contributed by atoms with E-state index in [2.05, 4.69) is 4.74 Å². The van der Waals surface area contributed by atoms with E-state index in [4.69, 9.17) is 4.74 Å². The molecule has 0 saturated heterocycles. The molecule has 0 N–H and O–H groups in total. The second kappa shape index (κ2) is 6.88. The molecule has 1 heterocycles. The molecule has 2 rings (SSSR count). The lowest BCUT2D eigenvalue weighted by atomic mass is 9.96. The molecule has 1 aliphatic heterocycles. The smallest absolute Gasteiger partial charge is 0.335 e. The number of cyclic esters (lactones) is 1. The molecule has 0 spiro atoms. The zero-order chi connectivity index (χ0) is 15.2. The molecule has 1 atom stereocenters. The van der Waals surface area contributed by atoms with Crippen molar-refractivity contribution < 1.29 is 19.1 Å². The average molecular weight is 286 g/mol. The van der Waals surface area contributed by atoms with Gasteiger partial charge in [0.2, 0.25) is 0 Å². The molecule has 1 unspecified atom stereocenters. The standard InChI is InChI=1S/C17H18O4/c1-3-7-14-13(10-11-15(18)20-2)16(21-17(14)19)12-8-5-4-6-9-12/h4-6,8-11,16H,3,7H2,1-2H3/b11-10+. The lowest BCUT2D eigenvalue weighted by molar-refractivity contribution is -0.140. The second-order valence-corrected chi connectivity index (χ2v) is 4.74. The van der Waals surface area contributed by atoms with Crippen LogP contribution in [0.2, 0.25) is 0 Å². The third-order valence-corrected chi connectivity index (χ3v) is 3.30. The molecule has 1 aromatic rings. The van der Waals surface area contributed by atoms with E-state index in [-0.39, 0.29) is 5.97 Å². The SMILES string of the molecule is CCCC1=C(/C=C/C(=O)OC)C(c2ccccc2)OC1=O. The average Bonchev–Trinajstić information content (AvgIpc) is 2.83. The zero-order valence-corrected chi connectivity index (χ0v) is 12.2. The maximum atomic E-state index is 12.0. The van der Waals surface area contributed by atoms with Crippen LogP contribution in [0.4, 0.5) is 0 Å². The van der Waals surface area contributed by atoms with Gasteiger partial charge in [0.15, 0.2) is 6.10 Å². The second-order valence-electron chi connectivity index (χ2n) is 4.74. The highest BCUT2D eigenvalue weighted by Crippen LogP contribution is 2.37. The minimum atomic E-state index is -0.457. The molecule has 1 aliphatic rings. The molecule has 0 fully saturated rings. The van der Waals surface area contributed by atoms with Crippen LogP contribution in [-0.2, 0) is 19.1 Å². The Labute approximate surface area is 124 Å². The van der Waals surface area contributed by atoms with Gasteiger partial charge < -0.3 is 9.47 Å². The van der Waals surface area contributed by atoms with Crippen molar-refractivity contribution in [3.63, 3.8) is 0 Å². The Morgan fingerprint density at radius 1 is 1.33 bits per heavy atom. The highest BCUT2D eigenvalue weighted by Gasteiger charge is 2.32. The van der Waals surface area contributed by atoms with E-state index < -0.39 is 12.1 Å². The molecule has 0 amide bonds. The van der Waals surface area contributed by atoms with Gasteiger partial charge in [0, 0.05) is 17.2 Å². The zero-order valence-electron chi connectivity index (χ0n) is 12.2. The Kier molecular flexibility index (Phi) is 4.93. The predicted molar refractivity (Wildman–Crippen MR) is 78.4 cm³/mol. The van der Waals surface area contributed by atoms with E-state index in [1.807, 2.05) is 37.3 Å². The topological polar surface area (TPSA) is 52.6 Å².